The van der Waals surface area contributed by atoms with E-state index in [-0.39, 0.29) is 41.8 Å². The lowest BCUT2D eigenvalue weighted by Gasteiger charge is -2.23. The molecule has 0 fully saturated rings. The van der Waals surface area contributed by atoms with E-state index in [1.807, 2.05) is 13.8 Å². The molecule has 3 aromatic rings. The van der Waals surface area contributed by atoms with Gasteiger partial charge in [-0.25, -0.2) is 13.2 Å². The van der Waals surface area contributed by atoms with Gasteiger partial charge in [-0.05, 0) is 35.7 Å². The summed E-state index contributed by atoms with van der Waals surface area (Å²) in [6.07, 6.45) is 0. The van der Waals surface area contributed by atoms with Crippen molar-refractivity contribution in [1.29, 1.82) is 0 Å². The maximum Gasteiger partial charge on any atom is 0.273 e. The summed E-state index contributed by atoms with van der Waals surface area (Å²) in [5.41, 5.74) is 0.593. The fourth-order valence-corrected chi connectivity index (χ4v) is 3.08. The molecule has 6 nitrogen and oxygen atoms in total. The van der Waals surface area contributed by atoms with Crippen molar-refractivity contribution in [2.24, 2.45) is 5.92 Å². The third-order valence-electron chi connectivity index (χ3n) is 4.49. The minimum absolute atomic E-state index is 0.0101. The summed E-state index contributed by atoms with van der Waals surface area (Å²) < 4.78 is 45.3. The summed E-state index contributed by atoms with van der Waals surface area (Å²) >= 11 is 0. The second kappa shape index (κ2) is 10.1. The first-order valence-electron chi connectivity index (χ1n) is 9.95. The van der Waals surface area contributed by atoms with Crippen molar-refractivity contribution in [2.45, 2.75) is 26.9 Å². The first-order valence-corrected chi connectivity index (χ1v) is 9.95. The summed E-state index contributed by atoms with van der Waals surface area (Å²) in [4.78, 5) is 26.5. The van der Waals surface area contributed by atoms with Crippen LogP contribution in [0.25, 0.3) is 0 Å². The van der Waals surface area contributed by atoms with Crippen LogP contribution in [0.15, 0.2) is 53.1 Å². The van der Waals surface area contributed by atoms with Crippen molar-refractivity contribution in [3.63, 3.8) is 0 Å². The highest BCUT2D eigenvalue weighted by Gasteiger charge is 2.22. The average molecular weight is 445 g/mol. The van der Waals surface area contributed by atoms with Gasteiger partial charge >= 0.3 is 0 Å². The molecular formula is C23H22F3N3O3. The summed E-state index contributed by atoms with van der Waals surface area (Å²) in [6.45, 7) is 4.21. The third kappa shape index (κ3) is 6.19. The Bertz CT molecular complexity index is 1080. The quantitative estimate of drug-likeness (QED) is 0.560. The van der Waals surface area contributed by atoms with Gasteiger partial charge in [-0.3, -0.25) is 9.59 Å². The number of aromatic nitrogens is 1. The number of amides is 2. The highest BCUT2D eigenvalue weighted by Crippen LogP contribution is 2.16. The van der Waals surface area contributed by atoms with Crippen LogP contribution in [-0.4, -0.2) is 28.4 Å². The topological polar surface area (TPSA) is 75.4 Å². The molecule has 0 radical (unpaired) electrons. The molecule has 32 heavy (non-hydrogen) atoms. The zero-order chi connectivity index (χ0) is 23.3. The number of hydrogen-bond donors (Lipinski definition) is 1. The summed E-state index contributed by atoms with van der Waals surface area (Å²) in [5.74, 6) is -2.84. The number of rotatable bonds is 8. The largest absolute Gasteiger partial charge is 0.359 e. The normalized spacial score (nSPS) is 10.9. The number of halogens is 3. The lowest BCUT2D eigenvalue weighted by atomic mass is 10.1. The van der Waals surface area contributed by atoms with E-state index in [9.17, 15) is 22.8 Å². The van der Waals surface area contributed by atoms with E-state index >= 15 is 0 Å². The zero-order valence-electron chi connectivity index (χ0n) is 17.6. The van der Waals surface area contributed by atoms with Crippen LogP contribution in [0, 0.1) is 23.4 Å². The average Bonchev–Trinajstić information content (AvgIpc) is 3.20. The molecule has 0 aliphatic heterocycles. The van der Waals surface area contributed by atoms with Crippen LogP contribution in [-0.2, 0) is 13.1 Å². The van der Waals surface area contributed by atoms with Crippen molar-refractivity contribution in [3.8, 4) is 0 Å². The zero-order valence-corrected chi connectivity index (χ0v) is 17.6. The molecule has 0 saturated carbocycles. The van der Waals surface area contributed by atoms with E-state index in [0.717, 1.165) is 12.1 Å². The Morgan fingerprint density at radius 2 is 1.66 bits per heavy atom. The maximum absolute atomic E-state index is 13.5. The Hall–Kier alpha value is -3.62. The molecule has 2 aromatic carbocycles. The predicted molar refractivity (Wildman–Crippen MR) is 110 cm³/mol. The van der Waals surface area contributed by atoms with Crippen molar-refractivity contribution in [2.75, 3.05) is 6.54 Å². The van der Waals surface area contributed by atoms with Gasteiger partial charge in [0.05, 0.1) is 6.54 Å². The summed E-state index contributed by atoms with van der Waals surface area (Å²) in [5, 5.41) is 6.38. The maximum atomic E-state index is 13.5. The molecule has 0 saturated heterocycles. The van der Waals surface area contributed by atoms with Crippen LogP contribution >= 0.6 is 0 Å². The summed E-state index contributed by atoms with van der Waals surface area (Å²) in [6, 6.07) is 9.70. The predicted octanol–water partition coefficient (Wildman–Crippen LogP) is 4.32. The van der Waals surface area contributed by atoms with Crippen molar-refractivity contribution in [1.82, 2.24) is 15.4 Å². The molecule has 2 amide bonds. The molecule has 1 N–H and O–H groups in total. The lowest BCUT2D eigenvalue weighted by Crippen LogP contribution is -2.33. The van der Waals surface area contributed by atoms with Gasteiger partial charge in [-0.2, -0.15) is 0 Å². The summed E-state index contributed by atoms with van der Waals surface area (Å²) in [7, 11) is 0. The second-order valence-electron chi connectivity index (χ2n) is 7.73. The van der Waals surface area contributed by atoms with Crippen molar-refractivity contribution < 1.29 is 27.3 Å². The SMILES string of the molecule is CC(C)CN(Cc1cc(C(=O)NCc2ccc(F)cc2)no1)C(=O)c1cc(F)cc(F)c1. The smallest absolute Gasteiger partial charge is 0.273 e. The van der Waals surface area contributed by atoms with Crippen LogP contribution < -0.4 is 5.32 Å². The number of nitrogens with one attached hydrogen (secondary N) is 1. The lowest BCUT2D eigenvalue weighted by molar-refractivity contribution is 0.0704. The monoisotopic (exact) mass is 445 g/mol. The van der Waals surface area contributed by atoms with Gasteiger partial charge in [0.25, 0.3) is 11.8 Å². The molecule has 0 bridgehead atoms. The van der Waals surface area contributed by atoms with Gasteiger partial charge < -0.3 is 14.7 Å². The van der Waals surface area contributed by atoms with E-state index in [1.54, 1.807) is 12.1 Å². The number of nitrogens with zero attached hydrogens (tertiary/aromatic N) is 2. The standard InChI is InChI=1S/C23H22F3N3O3/c1-14(2)12-29(23(31)16-7-18(25)9-19(26)8-16)13-20-10-21(28-32-20)22(30)27-11-15-3-5-17(24)6-4-15/h3-10,14H,11-13H2,1-2H3,(H,27,30). The molecule has 1 heterocycles. The molecule has 1 aromatic heterocycles. The number of carbonyl (C=O) groups excluding carboxylic acids is 2. The Kier molecular flexibility index (Phi) is 7.29. The number of carbonyl (C=O) groups is 2. The molecule has 0 aliphatic rings. The molecule has 0 atom stereocenters. The Morgan fingerprint density at radius 1 is 1.00 bits per heavy atom. The molecular weight excluding hydrogens is 423 g/mol. The minimum atomic E-state index is -0.849. The first-order chi connectivity index (χ1) is 15.2. The van der Waals surface area contributed by atoms with Crippen LogP contribution in [0.2, 0.25) is 0 Å². The number of hydrogen-bond acceptors (Lipinski definition) is 4. The van der Waals surface area contributed by atoms with Crippen LogP contribution in [0.3, 0.4) is 0 Å². The molecule has 0 aliphatic carbocycles. The Balaban J connectivity index is 1.68. The van der Waals surface area contributed by atoms with Crippen molar-refractivity contribution in [3.05, 3.63) is 88.6 Å². The van der Waals surface area contributed by atoms with Crippen LogP contribution in [0.5, 0.6) is 0 Å². The first kappa shape index (κ1) is 23.1. The molecule has 0 unspecified atom stereocenters. The highest BCUT2D eigenvalue weighted by molar-refractivity contribution is 5.94. The van der Waals surface area contributed by atoms with Gasteiger partial charge in [0.15, 0.2) is 11.5 Å². The second-order valence-corrected chi connectivity index (χ2v) is 7.73. The molecule has 3 rings (SSSR count). The molecule has 0 spiro atoms. The van der Waals surface area contributed by atoms with Crippen LogP contribution in [0.4, 0.5) is 13.2 Å². The van der Waals surface area contributed by atoms with Gasteiger partial charge in [-0.15, -0.1) is 0 Å². The molecule has 168 valence electrons. The van der Waals surface area contributed by atoms with E-state index in [2.05, 4.69) is 10.5 Å². The van der Waals surface area contributed by atoms with Gasteiger partial charge in [0.1, 0.15) is 17.5 Å². The van der Waals surface area contributed by atoms with Crippen LogP contribution in [0.1, 0.15) is 46.0 Å². The van der Waals surface area contributed by atoms with Gasteiger partial charge in [-0.1, -0.05) is 31.1 Å². The fraction of sp³-hybridized carbons (Fsp3) is 0.261. The Labute approximate surface area is 183 Å². The minimum Gasteiger partial charge on any atom is -0.359 e. The van der Waals surface area contributed by atoms with E-state index < -0.39 is 23.4 Å². The van der Waals surface area contributed by atoms with E-state index in [1.165, 1.54) is 23.1 Å². The third-order valence-corrected chi connectivity index (χ3v) is 4.49. The van der Waals surface area contributed by atoms with Crippen molar-refractivity contribution >= 4 is 11.8 Å². The van der Waals surface area contributed by atoms with E-state index in [4.69, 9.17) is 4.52 Å². The Morgan fingerprint density at radius 3 is 2.28 bits per heavy atom. The number of benzene rings is 2. The fourth-order valence-electron chi connectivity index (χ4n) is 3.08. The van der Waals surface area contributed by atoms with E-state index in [0.29, 0.717) is 18.2 Å². The molecule has 9 heteroatoms. The highest BCUT2D eigenvalue weighted by atomic mass is 19.1. The van der Waals surface area contributed by atoms with Gasteiger partial charge in [0.2, 0.25) is 0 Å². The van der Waals surface area contributed by atoms with Gasteiger partial charge in [0, 0.05) is 30.8 Å².